The van der Waals surface area contributed by atoms with Crippen molar-refractivity contribution in [1.29, 1.82) is 0 Å². The fourth-order valence-corrected chi connectivity index (χ4v) is 5.15. The number of fused-ring (bicyclic) bond motifs is 1. The summed E-state index contributed by atoms with van der Waals surface area (Å²) in [5.41, 5.74) is 3.41. The van der Waals surface area contributed by atoms with E-state index in [4.69, 9.17) is 4.74 Å². The van der Waals surface area contributed by atoms with E-state index in [-0.39, 0.29) is 18.4 Å². The van der Waals surface area contributed by atoms with Crippen LogP contribution in [0.1, 0.15) is 24.3 Å². The van der Waals surface area contributed by atoms with Gasteiger partial charge in [0.05, 0.1) is 29.5 Å². The molecule has 3 heterocycles. The van der Waals surface area contributed by atoms with E-state index in [1.807, 2.05) is 70.6 Å². The molecule has 2 amide bonds. The third-order valence-electron chi connectivity index (χ3n) is 6.20. The molecule has 1 fully saturated rings. The molecule has 2 aliphatic rings. The van der Waals surface area contributed by atoms with E-state index in [1.165, 1.54) is 0 Å². The predicted molar refractivity (Wildman–Crippen MR) is 134 cm³/mol. The number of hydrogen-bond acceptors (Lipinski definition) is 6. The number of rotatable bonds is 5. The van der Waals surface area contributed by atoms with Gasteiger partial charge < -0.3 is 19.9 Å². The monoisotopic (exact) mass is 476 g/mol. The van der Waals surface area contributed by atoms with E-state index in [1.54, 1.807) is 11.3 Å². The van der Waals surface area contributed by atoms with Crippen LogP contribution < -0.4 is 15.0 Å². The topological polar surface area (TPSA) is 74.8 Å². The van der Waals surface area contributed by atoms with Crippen LogP contribution in [0.3, 0.4) is 0 Å². The molecule has 2 aliphatic heterocycles. The fourth-order valence-electron chi connectivity index (χ4n) is 4.53. The van der Waals surface area contributed by atoms with Crippen molar-refractivity contribution in [3.05, 3.63) is 58.9 Å². The summed E-state index contributed by atoms with van der Waals surface area (Å²) in [4.78, 5) is 34.5. The van der Waals surface area contributed by atoms with Gasteiger partial charge in [-0.3, -0.25) is 9.59 Å². The molecule has 1 unspecified atom stereocenters. The molecule has 8 heteroatoms. The van der Waals surface area contributed by atoms with Crippen molar-refractivity contribution in [2.45, 2.75) is 32.3 Å². The summed E-state index contributed by atoms with van der Waals surface area (Å²) in [5, 5.41) is 6.02. The van der Waals surface area contributed by atoms with Crippen LogP contribution in [0.5, 0.6) is 5.75 Å². The van der Waals surface area contributed by atoms with Crippen molar-refractivity contribution >= 4 is 34.5 Å². The number of thiazole rings is 1. The second-order valence-electron chi connectivity index (χ2n) is 8.72. The molecule has 0 radical (unpaired) electrons. The van der Waals surface area contributed by atoms with Gasteiger partial charge in [0.25, 0.3) is 5.91 Å². The minimum absolute atomic E-state index is 0.00543. The first-order valence-corrected chi connectivity index (χ1v) is 12.6. The summed E-state index contributed by atoms with van der Waals surface area (Å²) >= 11 is 1.60. The van der Waals surface area contributed by atoms with E-state index >= 15 is 0 Å². The summed E-state index contributed by atoms with van der Waals surface area (Å²) in [7, 11) is 0. The van der Waals surface area contributed by atoms with Gasteiger partial charge >= 0.3 is 0 Å². The number of likely N-dealkylation sites (tertiary alicyclic amines) is 1. The molecule has 0 bridgehead atoms. The molecule has 1 saturated heterocycles. The van der Waals surface area contributed by atoms with Crippen molar-refractivity contribution in [2.75, 3.05) is 36.4 Å². The van der Waals surface area contributed by atoms with Crippen LogP contribution in [0.2, 0.25) is 0 Å². The van der Waals surface area contributed by atoms with Gasteiger partial charge in [0.2, 0.25) is 5.91 Å². The average molecular weight is 477 g/mol. The number of carbonyl (C=O) groups excluding carboxylic acids is 2. The molecule has 176 valence electrons. The number of aromatic nitrogens is 1. The first kappa shape index (κ1) is 22.4. The second-order valence-corrected chi connectivity index (χ2v) is 9.78. The molecule has 0 spiro atoms. The number of anilines is 2. The van der Waals surface area contributed by atoms with Crippen LogP contribution in [-0.4, -0.2) is 54.0 Å². The summed E-state index contributed by atoms with van der Waals surface area (Å²) in [6, 6.07) is 15.3. The Morgan fingerprint density at radius 1 is 1.12 bits per heavy atom. The number of nitrogens with zero attached hydrogens (tertiary/aromatic N) is 3. The standard InChI is InChI=1S/C26H28N4O3S/c1-18-27-21(17-34-18)19-8-7-9-20(14-19)28-25(31)16-30-15-24(26(32)29-12-5-2-6-13-29)33-23-11-4-3-10-22(23)30/h3-4,7-11,14,17,24H,2,5-6,12-13,15-16H2,1H3,(H,28,31). The number of hydrogen-bond donors (Lipinski definition) is 1. The number of carbonyl (C=O) groups is 2. The predicted octanol–water partition coefficient (Wildman–Crippen LogP) is 4.34. The lowest BCUT2D eigenvalue weighted by Crippen LogP contribution is -2.52. The van der Waals surface area contributed by atoms with Crippen LogP contribution in [0, 0.1) is 6.92 Å². The SMILES string of the molecule is Cc1nc(-c2cccc(NC(=O)CN3CC(C(=O)N4CCCCC4)Oc4ccccc43)c2)cs1. The Balaban J connectivity index is 1.29. The Labute approximate surface area is 203 Å². The molecular formula is C26H28N4O3S. The van der Waals surface area contributed by atoms with Crippen molar-refractivity contribution in [3.63, 3.8) is 0 Å². The first-order chi connectivity index (χ1) is 16.6. The summed E-state index contributed by atoms with van der Waals surface area (Å²) in [6.45, 7) is 4.00. The molecule has 1 N–H and O–H groups in total. The molecule has 2 aromatic carbocycles. The largest absolute Gasteiger partial charge is 0.477 e. The third kappa shape index (κ3) is 4.92. The minimum atomic E-state index is -0.614. The Kier molecular flexibility index (Phi) is 6.49. The van der Waals surface area contributed by atoms with Gasteiger partial charge in [0.1, 0.15) is 5.75 Å². The van der Waals surface area contributed by atoms with Crippen molar-refractivity contribution in [3.8, 4) is 17.0 Å². The van der Waals surface area contributed by atoms with E-state index in [0.29, 0.717) is 12.3 Å². The first-order valence-electron chi connectivity index (χ1n) is 11.7. The van der Waals surface area contributed by atoms with Gasteiger partial charge in [-0.25, -0.2) is 4.98 Å². The number of benzene rings is 2. The smallest absolute Gasteiger partial charge is 0.265 e. The normalized spacial score (nSPS) is 17.6. The van der Waals surface area contributed by atoms with Crippen molar-refractivity contribution < 1.29 is 14.3 Å². The Bertz CT molecular complexity index is 1190. The van der Waals surface area contributed by atoms with Crippen LogP contribution >= 0.6 is 11.3 Å². The van der Waals surface area contributed by atoms with E-state index in [9.17, 15) is 9.59 Å². The highest BCUT2D eigenvalue weighted by Gasteiger charge is 2.34. The van der Waals surface area contributed by atoms with E-state index < -0.39 is 6.10 Å². The molecule has 5 rings (SSSR count). The van der Waals surface area contributed by atoms with Gasteiger partial charge in [-0.1, -0.05) is 24.3 Å². The molecule has 0 saturated carbocycles. The zero-order valence-corrected chi connectivity index (χ0v) is 20.0. The average Bonchev–Trinajstić information content (AvgIpc) is 3.30. The molecule has 1 aromatic heterocycles. The van der Waals surface area contributed by atoms with Crippen molar-refractivity contribution in [1.82, 2.24) is 9.88 Å². The van der Waals surface area contributed by atoms with Crippen molar-refractivity contribution in [2.24, 2.45) is 0 Å². The lowest BCUT2D eigenvalue weighted by molar-refractivity contribution is -0.139. The summed E-state index contributed by atoms with van der Waals surface area (Å²) in [5.74, 6) is 0.496. The lowest BCUT2D eigenvalue weighted by atomic mass is 10.1. The minimum Gasteiger partial charge on any atom is -0.477 e. The van der Waals surface area contributed by atoms with Crippen LogP contribution in [0.25, 0.3) is 11.3 Å². The van der Waals surface area contributed by atoms with Gasteiger partial charge in [-0.2, -0.15) is 0 Å². The maximum Gasteiger partial charge on any atom is 0.265 e. The van der Waals surface area contributed by atoms with Crippen LogP contribution in [0.4, 0.5) is 11.4 Å². The lowest BCUT2D eigenvalue weighted by Gasteiger charge is -2.38. The number of aryl methyl sites for hydroxylation is 1. The van der Waals surface area contributed by atoms with E-state index in [0.717, 1.165) is 60.0 Å². The van der Waals surface area contributed by atoms with Gasteiger partial charge in [-0.05, 0) is 50.5 Å². The zero-order chi connectivity index (χ0) is 23.5. The molecule has 34 heavy (non-hydrogen) atoms. The number of piperidine rings is 1. The Morgan fingerprint density at radius 3 is 2.74 bits per heavy atom. The fraction of sp³-hybridized carbons (Fsp3) is 0.346. The summed E-state index contributed by atoms with van der Waals surface area (Å²) < 4.78 is 6.07. The molecule has 7 nitrogen and oxygen atoms in total. The third-order valence-corrected chi connectivity index (χ3v) is 6.97. The van der Waals surface area contributed by atoms with E-state index in [2.05, 4.69) is 10.3 Å². The number of nitrogens with one attached hydrogen (secondary N) is 1. The maximum atomic E-state index is 13.1. The Hall–Kier alpha value is -3.39. The molecular weight excluding hydrogens is 448 g/mol. The summed E-state index contributed by atoms with van der Waals surface area (Å²) in [6.07, 6.45) is 2.60. The van der Waals surface area contributed by atoms with Crippen LogP contribution in [0.15, 0.2) is 53.9 Å². The zero-order valence-electron chi connectivity index (χ0n) is 19.2. The Morgan fingerprint density at radius 2 is 1.94 bits per heavy atom. The highest BCUT2D eigenvalue weighted by molar-refractivity contribution is 7.09. The van der Waals surface area contributed by atoms with Gasteiger partial charge in [0.15, 0.2) is 6.10 Å². The molecule has 0 aliphatic carbocycles. The highest BCUT2D eigenvalue weighted by Crippen LogP contribution is 2.33. The number of ether oxygens (including phenoxy) is 1. The van der Waals surface area contributed by atoms with Gasteiger partial charge in [-0.15, -0.1) is 11.3 Å². The quantitative estimate of drug-likeness (QED) is 0.593. The highest BCUT2D eigenvalue weighted by atomic mass is 32.1. The second kappa shape index (κ2) is 9.85. The molecule has 3 aromatic rings. The van der Waals surface area contributed by atoms with Crippen LogP contribution in [-0.2, 0) is 9.59 Å². The number of para-hydroxylation sites is 2. The number of amides is 2. The van der Waals surface area contributed by atoms with Gasteiger partial charge in [0, 0.05) is 29.7 Å². The molecule has 1 atom stereocenters. The maximum absolute atomic E-state index is 13.1.